The van der Waals surface area contributed by atoms with Gasteiger partial charge < -0.3 is 5.32 Å². The van der Waals surface area contributed by atoms with Crippen molar-refractivity contribution in [3.63, 3.8) is 0 Å². The Morgan fingerprint density at radius 1 is 1.46 bits per heavy atom. The highest BCUT2D eigenvalue weighted by molar-refractivity contribution is 4.93. The summed E-state index contributed by atoms with van der Waals surface area (Å²) in [5.74, 6) is 0. The summed E-state index contributed by atoms with van der Waals surface area (Å²) in [7, 11) is 2.01. The molecule has 78 valence electrons. The topological polar surface area (TPSA) is 15.3 Å². The van der Waals surface area contributed by atoms with Crippen LogP contribution in [0.15, 0.2) is 12.2 Å². The van der Waals surface area contributed by atoms with Crippen molar-refractivity contribution in [3.8, 4) is 0 Å². The molecule has 2 nitrogen and oxygen atoms in total. The van der Waals surface area contributed by atoms with Crippen LogP contribution in [0.1, 0.15) is 27.2 Å². The molecule has 0 aliphatic heterocycles. The smallest absolute Gasteiger partial charge is 0.0221 e. The predicted octanol–water partition coefficient (Wildman–Crippen LogP) is 1.88. The average molecular weight is 184 g/mol. The van der Waals surface area contributed by atoms with E-state index in [9.17, 15) is 0 Å². The summed E-state index contributed by atoms with van der Waals surface area (Å²) in [6.07, 6.45) is 1.20. The lowest BCUT2D eigenvalue weighted by atomic mass is 10.1. The maximum Gasteiger partial charge on any atom is 0.0221 e. The van der Waals surface area contributed by atoms with Gasteiger partial charge in [-0.1, -0.05) is 26.0 Å². The maximum atomic E-state index is 3.96. The van der Waals surface area contributed by atoms with Crippen LogP contribution < -0.4 is 5.32 Å². The van der Waals surface area contributed by atoms with E-state index < -0.39 is 0 Å². The van der Waals surface area contributed by atoms with Gasteiger partial charge in [-0.05, 0) is 26.9 Å². The fourth-order valence-corrected chi connectivity index (χ4v) is 1.61. The highest BCUT2D eigenvalue weighted by Gasteiger charge is 2.13. The fraction of sp³-hybridized carbons (Fsp3) is 0.818. The molecule has 0 amide bonds. The van der Waals surface area contributed by atoms with Crippen molar-refractivity contribution in [2.24, 2.45) is 0 Å². The van der Waals surface area contributed by atoms with Crippen LogP contribution in [-0.4, -0.2) is 37.6 Å². The molecule has 0 fully saturated rings. The first-order valence-corrected chi connectivity index (χ1v) is 5.18. The third-order valence-electron chi connectivity index (χ3n) is 2.31. The van der Waals surface area contributed by atoms with Crippen LogP contribution in [-0.2, 0) is 0 Å². The van der Waals surface area contributed by atoms with E-state index in [1.54, 1.807) is 0 Å². The molecule has 0 aromatic heterocycles. The molecule has 1 atom stereocenters. The Morgan fingerprint density at radius 2 is 2.08 bits per heavy atom. The van der Waals surface area contributed by atoms with Gasteiger partial charge in [0.15, 0.2) is 0 Å². The predicted molar refractivity (Wildman–Crippen MR) is 60.1 cm³/mol. The highest BCUT2D eigenvalue weighted by atomic mass is 15.2. The van der Waals surface area contributed by atoms with E-state index in [4.69, 9.17) is 0 Å². The zero-order chi connectivity index (χ0) is 10.3. The quantitative estimate of drug-likeness (QED) is 0.608. The van der Waals surface area contributed by atoms with Gasteiger partial charge in [0, 0.05) is 19.1 Å². The molecule has 1 N–H and O–H groups in total. The molecule has 13 heavy (non-hydrogen) atoms. The Kier molecular flexibility index (Phi) is 6.92. The third kappa shape index (κ3) is 5.06. The van der Waals surface area contributed by atoms with Crippen LogP contribution in [0.4, 0.5) is 0 Å². The Bertz CT molecular complexity index is 143. The normalized spacial score (nSPS) is 13.3. The molecule has 0 aliphatic carbocycles. The molecule has 0 spiro atoms. The lowest BCUT2D eigenvalue weighted by molar-refractivity contribution is 0.215. The summed E-state index contributed by atoms with van der Waals surface area (Å²) in [5, 5.41) is 3.24. The van der Waals surface area contributed by atoms with Crippen LogP contribution in [0.5, 0.6) is 0 Å². The van der Waals surface area contributed by atoms with Gasteiger partial charge in [0.1, 0.15) is 0 Å². The number of nitrogens with one attached hydrogen (secondary N) is 1. The van der Waals surface area contributed by atoms with E-state index in [1.165, 1.54) is 12.0 Å². The first kappa shape index (κ1) is 12.7. The minimum Gasteiger partial charge on any atom is -0.318 e. The van der Waals surface area contributed by atoms with Crippen molar-refractivity contribution in [2.45, 2.75) is 33.2 Å². The first-order chi connectivity index (χ1) is 6.15. The molecule has 0 rings (SSSR count). The fourth-order valence-electron chi connectivity index (χ4n) is 1.61. The van der Waals surface area contributed by atoms with Crippen molar-refractivity contribution in [3.05, 3.63) is 12.2 Å². The van der Waals surface area contributed by atoms with Crippen molar-refractivity contribution in [1.82, 2.24) is 10.2 Å². The first-order valence-electron chi connectivity index (χ1n) is 5.18. The minimum absolute atomic E-state index is 0.645. The number of nitrogens with zero attached hydrogens (tertiary/aromatic N) is 1. The molecule has 0 saturated heterocycles. The van der Waals surface area contributed by atoms with Crippen LogP contribution in [0.25, 0.3) is 0 Å². The lowest BCUT2D eigenvalue weighted by Crippen LogP contribution is -2.41. The molecule has 0 aromatic carbocycles. The van der Waals surface area contributed by atoms with Gasteiger partial charge in [-0.3, -0.25) is 4.90 Å². The van der Waals surface area contributed by atoms with Gasteiger partial charge in [-0.25, -0.2) is 0 Å². The summed E-state index contributed by atoms with van der Waals surface area (Å²) in [6, 6.07) is 0.645. The van der Waals surface area contributed by atoms with Crippen LogP contribution in [0.3, 0.4) is 0 Å². The van der Waals surface area contributed by atoms with Gasteiger partial charge in [0.05, 0.1) is 0 Å². The third-order valence-corrected chi connectivity index (χ3v) is 2.31. The Morgan fingerprint density at radius 3 is 2.38 bits per heavy atom. The summed E-state index contributed by atoms with van der Waals surface area (Å²) < 4.78 is 0. The Labute approximate surface area is 83.0 Å². The van der Waals surface area contributed by atoms with Crippen molar-refractivity contribution >= 4 is 0 Å². The summed E-state index contributed by atoms with van der Waals surface area (Å²) in [6.45, 7) is 13.7. The number of rotatable bonds is 7. The summed E-state index contributed by atoms with van der Waals surface area (Å²) in [4.78, 5) is 2.47. The second-order valence-corrected chi connectivity index (χ2v) is 3.64. The highest BCUT2D eigenvalue weighted by Crippen LogP contribution is 2.05. The van der Waals surface area contributed by atoms with E-state index >= 15 is 0 Å². The monoisotopic (exact) mass is 184 g/mol. The van der Waals surface area contributed by atoms with Crippen LogP contribution in [0.2, 0.25) is 0 Å². The van der Waals surface area contributed by atoms with Gasteiger partial charge in [0.2, 0.25) is 0 Å². The van der Waals surface area contributed by atoms with E-state index in [0.29, 0.717) is 6.04 Å². The van der Waals surface area contributed by atoms with Crippen molar-refractivity contribution < 1.29 is 0 Å². The van der Waals surface area contributed by atoms with Gasteiger partial charge in [0.25, 0.3) is 0 Å². The lowest BCUT2D eigenvalue weighted by Gasteiger charge is -2.29. The molecule has 0 bridgehead atoms. The van der Waals surface area contributed by atoms with Gasteiger partial charge >= 0.3 is 0 Å². The van der Waals surface area contributed by atoms with Gasteiger partial charge in [-0.15, -0.1) is 0 Å². The molecule has 0 aliphatic rings. The molecular formula is C11H24N2. The zero-order valence-corrected chi connectivity index (χ0v) is 9.56. The number of hydrogen-bond acceptors (Lipinski definition) is 2. The summed E-state index contributed by atoms with van der Waals surface area (Å²) >= 11 is 0. The van der Waals surface area contributed by atoms with E-state index in [2.05, 4.69) is 37.6 Å². The van der Waals surface area contributed by atoms with Gasteiger partial charge in [-0.2, -0.15) is 0 Å². The average Bonchev–Trinajstić information content (AvgIpc) is 2.10. The van der Waals surface area contributed by atoms with E-state index in [-0.39, 0.29) is 0 Å². The summed E-state index contributed by atoms with van der Waals surface area (Å²) in [5.41, 5.74) is 1.25. The van der Waals surface area contributed by atoms with Crippen molar-refractivity contribution in [1.29, 1.82) is 0 Å². The molecule has 0 heterocycles. The van der Waals surface area contributed by atoms with E-state index in [1.807, 2.05) is 7.05 Å². The minimum atomic E-state index is 0.645. The van der Waals surface area contributed by atoms with Crippen molar-refractivity contribution in [2.75, 3.05) is 26.7 Å². The van der Waals surface area contributed by atoms with Crippen LogP contribution in [0, 0.1) is 0 Å². The van der Waals surface area contributed by atoms with E-state index in [0.717, 1.165) is 19.6 Å². The second-order valence-electron chi connectivity index (χ2n) is 3.64. The molecule has 0 aromatic rings. The maximum absolute atomic E-state index is 3.96. The van der Waals surface area contributed by atoms with Crippen LogP contribution >= 0.6 is 0 Å². The largest absolute Gasteiger partial charge is 0.318 e. The zero-order valence-electron chi connectivity index (χ0n) is 9.56. The second kappa shape index (κ2) is 7.10. The molecule has 1 unspecified atom stereocenters. The molecule has 2 heteroatoms. The molecule has 0 radical (unpaired) electrons. The molecule has 0 saturated carbocycles. The SMILES string of the molecule is C=C(C)CN(CC)C(CC)CNC. The molecular weight excluding hydrogens is 160 g/mol. The Balaban J connectivity index is 4.07. The number of hydrogen-bond donors (Lipinski definition) is 1. The Hall–Kier alpha value is -0.340. The standard InChI is InChI=1S/C11H24N2/c1-6-11(8-12-5)13(7-2)9-10(3)4/h11-12H,3,6-9H2,1-2,4-5H3. The number of likely N-dealkylation sites (N-methyl/N-ethyl adjacent to an activating group) is 2.